The van der Waals surface area contributed by atoms with Crippen LogP contribution in [0.1, 0.15) is 18.4 Å². The molecule has 4 aliphatic rings. The number of cyclic esters (lactones) is 1. The van der Waals surface area contributed by atoms with Gasteiger partial charge in [-0.15, -0.1) is 0 Å². The van der Waals surface area contributed by atoms with Crippen LogP contribution in [0.2, 0.25) is 0 Å². The number of carbonyl (C=O) groups excluding carboxylic acids is 2. The van der Waals surface area contributed by atoms with Crippen molar-refractivity contribution in [3.05, 3.63) is 47.1 Å². The van der Waals surface area contributed by atoms with Gasteiger partial charge in [0.15, 0.2) is 0 Å². The summed E-state index contributed by atoms with van der Waals surface area (Å²) in [5, 5.41) is 0. The first-order chi connectivity index (χ1) is 15.1. The molecule has 1 aromatic rings. The molecule has 0 N–H and O–H groups in total. The summed E-state index contributed by atoms with van der Waals surface area (Å²) >= 11 is 0. The number of methoxy groups -OCH3 is 2. The molecule has 5 atom stereocenters. The number of esters is 1. The summed E-state index contributed by atoms with van der Waals surface area (Å²) < 4.78 is 16.1. The number of nitrogens with zero attached hydrogens (tertiary/aromatic N) is 1. The zero-order valence-corrected chi connectivity index (χ0v) is 17.5. The highest BCUT2D eigenvalue weighted by Gasteiger charge is 2.55. The van der Waals surface area contributed by atoms with Crippen molar-refractivity contribution in [2.24, 2.45) is 17.8 Å². The van der Waals surface area contributed by atoms with E-state index in [1.165, 1.54) is 7.11 Å². The SMILES string of the molecule is COC(=O)N1c2ccc(OC)cc2[C@H]2C3=C(C)[C@H]4COC(=O)[C@H]4[C@H]2C#C/C=C\C#C[C@@H]31. The van der Waals surface area contributed by atoms with Crippen LogP contribution in [0, 0.1) is 41.4 Å². The third kappa shape index (κ3) is 2.75. The predicted octanol–water partition coefficient (Wildman–Crippen LogP) is 3.05. The van der Waals surface area contributed by atoms with Gasteiger partial charge in [0.2, 0.25) is 0 Å². The van der Waals surface area contributed by atoms with E-state index in [1.54, 1.807) is 24.2 Å². The van der Waals surface area contributed by atoms with Gasteiger partial charge in [-0.3, -0.25) is 9.69 Å². The molecule has 156 valence electrons. The Morgan fingerprint density at radius 3 is 2.71 bits per heavy atom. The van der Waals surface area contributed by atoms with E-state index < -0.39 is 12.1 Å². The maximum absolute atomic E-state index is 12.9. The molecule has 6 heteroatoms. The molecule has 1 amide bonds. The van der Waals surface area contributed by atoms with Crippen LogP contribution < -0.4 is 9.64 Å². The summed E-state index contributed by atoms with van der Waals surface area (Å²) in [7, 11) is 2.96. The predicted molar refractivity (Wildman–Crippen MR) is 113 cm³/mol. The van der Waals surface area contributed by atoms with Crippen molar-refractivity contribution in [3.63, 3.8) is 0 Å². The van der Waals surface area contributed by atoms with Crippen LogP contribution in [0.5, 0.6) is 5.75 Å². The number of carbonyl (C=O) groups is 2. The largest absolute Gasteiger partial charge is 0.497 e. The number of amides is 1. The molecule has 6 nitrogen and oxygen atoms in total. The molecule has 0 aromatic heterocycles. The number of benzene rings is 1. The lowest BCUT2D eigenvalue weighted by molar-refractivity contribution is -0.142. The van der Waals surface area contributed by atoms with Gasteiger partial charge >= 0.3 is 12.1 Å². The minimum Gasteiger partial charge on any atom is -0.497 e. The fraction of sp³-hybridized carbons (Fsp3) is 0.360. The Balaban J connectivity index is 1.86. The smallest absolute Gasteiger partial charge is 0.415 e. The van der Waals surface area contributed by atoms with E-state index >= 15 is 0 Å². The summed E-state index contributed by atoms with van der Waals surface area (Å²) in [6, 6.07) is 5.05. The third-order valence-electron chi connectivity index (χ3n) is 6.68. The summed E-state index contributed by atoms with van der Waals surface area (Å²) in [6.07, 6.45) is 2.86. The van der Waals surface area contributed by atoms with Gasteiger partial charge in [-0.05, 0) is 48.4 Å². The first-order valence-corrected chi connectivity index (χ1v) is 10.2. The molecular formula is C25H21NO5. The van der Waals surface area contributed by atoms with Crippen molar-refractivity contribution in [2.45, 2.75) is 18.9 Å². The van der Waals surface area contributed by atoms with Crippen LogP contribution in [0.3, 0.4) is 0 Å². The third-order valence-corrected chi connectivity index (χ3v) is 6.68. The number of hydrogen-bond acceptors (Lipinski definition) is 5. The van der Waals surface area contributed by atoms with Gasteiger partial charge in [-0.1, -0.05) is 29.3 Å². The minimum absolute atomic E-state index is 0.0857. The molecule has 1 fully saturated rings. The van der Waals surface area contributed by atoms with Gasteiger partial charge in [0, 0.05) is 17.8 Å². The number of hydrogen-bond donors (Lipinski definition) is 0. The number of ether oxygens (including phenoxy) is 3. The van der Waals surface area contributed by atoms with E-state index in [2.05, 4.69) is 23.7 Å². The van der Waals surface area contributed by atoms with Gasteiger partial charge in [0.25, 0.3) is 0 Å². The van der Waals surface area contributed by atoms with Gasteiger partial charge in [-0.2, -0.15) is 0 Å². The average Bonchev–Trinajstić information content (AvgIpc) is 3.17. The van der Waals surface area contributed by atoms with E-state index in [0.717, 1.165) is 16.7 Å². The summed E-state index contributed by atoms with van der Waals surface area (Å²) in [5.41, 5.74) is 3.59. The second-order valence-corrected chi connectivity index (χ2v) is 7.98. The Hall–Kier alpha value is -3.64. The molecule has 4 bridgehead atoms. The van der Waals surface area contributed by atoms with E-state index in [1.807, 2.05) is 25.1 Å². The fourth-order valence-corrected chi connectivity index (χ4v) is 5.31. The standard InChI is InChI=1S/C25H21NO5/c1-14-18-13-31-24(27)23(18)16-8-6-4-5-7-9-20-21(14)22(16)17-12-15(29-2)10-11-19(17)26(20)25(28)30-3/h4-5,10-12,16,18,20,22-23H,13H2,1-3H3/b5-4-/t16-,18+,20-,22-,23-/m0/s1. The lowest BCUT2D eigenvalue weighted by atomic mass is 9.60. The van der Waals surface area contributed by atoms with E-state index in [-0.39, 0.29) is 29.6 Å². The Kier molecular flexibility index (Phi) is 4.52. The van der Waals surface area contributed by atoms with E-state index in [9.17, 15) is 9.59 Å². The highest BCUT2D eigenvalue weighted by molar-refractivity contribution is 5.93. The number of anilines is 1. The Labute approximate surface area is 180 Å². The molecule has 0 saturated carbocycles. The second-order valence-electron chi connectivity index (χ2n) is 7.98. The van der Waals surface area contributed by atoms with Gasteiger partial charge in [-0.25, -0.2) is 4.79 Å². The highest BCUT2D eigenvalue weighted by atomic mass is 16.5. The normalized spacial score (nSPS) is 30.5. The molecule has 0 spiro atoms. The van der Waals surface area contributed by atoms with Crippen LogP contribution in [-0.2, 0) is 14.3 Å². The van der Waals surface area contributed by atoms with Gasteiger partial charge in [0.05, 0.1) is 32.4 Å². The minimum atomic E-state index is -0.526. The van der Waals surface area contributed by atoms with Gasteiger partial charge < -0.3 is 14.2 Å². The molecule has 1 saturated heterocycles. The fourth-order valence-electron chi connectivity index (χ4n) is 5.31. The molecule has 5 rings (SSSR count). The Morgan fingerprint density at radius 1 is 1.19 bits per heavy atom. The van der Waals surface area contributed by atoms with E-state index in [0.29, 0.717) is 18.0 Å². The zero-order valence-electron chi connectivity index (χ0n) is 17.5. The summed E-state index contributed by atoms with van der Waals surface area (Å²) in [5.74, 6) is 12.2. The summed E-state index contributed by atoms with van der Waals surface area (Å²) in [4.78, 5) is 27.3. The quantitative estimate of drug-likeness (QED) is 0.401. The molecule has 2 aliphatic carbocycles. The maximum Gasteiger partial charge on any atom is 0.415 e. The first-order valence-electron chi connectivity index (χ1n) is 10.2. The van der Waals surface area contributed by atoms with Crippen molar-refractivity contribution >= 4 is 17.7 Å². The Bertz CT molecular complexity index is 1170. The topological polar surface area (TPSA) is 65.1 Å². The number of allylic oxidation sites excluding steroid dienone is 2. The molecule has 0 unspecified atom stereocenters. The Morgan fingerprint density at radius 2 is 1.97 bits per heavy atom. The highest BCUT2D eigenvalue weighted by Crippen LogP contribution is 2.56. The molecule has 2 heterocycles. The van der Waals surface area contributed by atoms with Crippen molar-refractivity contribution < 1.29 is 23.8 Å². The zero-order chi connectivity index (χ0) is 21.7. The molecule has 1 aromatic carbocycles. The summed E-state index contributed by atoms with van der Waals surface area (Å²) in [6.45, 7) is 2.34. The van der Waals surface area contributed by atoms with Crippen LogP contribution in [0.25, 0.3) is 0 Å². The molecule has 2 aliphatic heterocycles. The van der Waals surface area contributed by atoms with Crippen LogP contribution in [0.4, 0.5) is 10.5 Å². The monoisotopic (exact) mass is 415 g/mol. The van der Waals surface area contributed by atoms with Crippen LogP contribution in [-0.4, -0.2) is 38.9 Å². The first kappa shape index (κ1) is 19.3. The number of fused-ring (bicyclic) bond motifs is 3. The van der Waals surface area contributed by atoms with Crippen molar-refractivity contribution in [1.29, 1.82) is 0 Å². The van der Waals surface area contributed by atoms with Crippen LogP contribution in [0.15, 0.2) is 41.5 Å². The average molecular weight is 415 g/mol. The van der Waals surface area contributed by atoms with E-state index in [4.69, 9.17) is 14.2 Å². The van der Waals surface area contributed by atoms with Crippen LogP contribution >= 0.6 is 0 Å². The molecule has 31 heavy (non-hydrogen) atoms. The lowest BCUT2D eigenvalue weighted by Crippen LogP contribution is -2.50. The number of rotatable bonds is 1. The molecular weight excluding hydrogens is 394 g/mol. The van der Waals surface area contributed by atoms with Crippen molar-refractivity contribution in [3.8, 4) is 29.4 Å². The second kappa shape index (κ2) is 7.25. The maximum atomic E-state index is 12.9. The van der Waals surface area contributed by atoms with Crippen molar-refractivity contribution in [1.82, 2.24) is 0 Å². The molecule has 0 radical (unpaired) electrons. The lowest BCUT2D eigenvalue weighted by Gasteiger charge is -2.47. The van der Waals surface area contributed by atoms with Gasteiger partial charge in [0.1, 0.15) is 11.8 Å². The van der Waals surface area contributed by atoms with Crippen molar-refractivity contribution in [2.75, 3.05) is 25.7 Å².